The van der Waals surface area contributed by atoms with Gasteiger partial charge in [-0.15, -0.1) is 0 Å². The molecule has 4 bridgehead atoms. The Morgan fingerprint density at radius 2 is 1.79 bits per heavy atom. The number of hydrogen-bond donors (Lipinski definition) is 1. The van der Waals surface area contributed by atoms with Gasteiger partial charge >= 0.3 is 0 Å². The second-order valence-electron chi connectivity index (χ2n) is 8.55. The van der Waals surface area contributed by atoms with Crippen molar-refractivity contribution in [3.63, 3.8) is 0 Å². The van der Waals surface area contributed by atoms with E-state index in [0.717, 1.165) is 39.3 Å². The summed E-state index contributed by atoms with van der Waals surface area (Å²) in [6.45, 7) is 6.22. The Hall–Kier alpha value is -2.08. The molecule has 2 aromatic rings. The zero-order chi connectivity index (χ0) is 20.0. The lowest BCUT2D eigenvalue weighted by molar-refractivity contribution is 0.0180. The number of nitrogens with one attached hydrogen (secondary N) is 1. The number of carbonyl (C=O) groups is 1. The highest BCUT2D eigenvalue weighted by Gasteiger charge is 2.55. The number of ether oxygens (including phenoxy) is 1. The largest absolute Gasteiger partial charge is 0.496 e. The van der Waals surface area contributed by atoms with Gasteiger partial charge in [0.1, 0.15) is 5.75 Å². The SMILES string of the molecule is COc1ccc(Cl)cc1C(=O)NC1C2CN3CCN(C2)CC1(c1ccccc1)C3. The Morgan fingerprint density at radius 1 is 1.10 bits per heavy atom. The van der Waals surface area contributed by atoms with Gasteiger partial charge in [-0.05, 0) is 23.8 Å². The van der Waals surface area contributed by atoms with Crippen molar-refractivity contribution in [2.24, 2.45) is 5.92 Å². The molecule has 0 aliphatic carbocycles. The normalized spacial score (nSPS) is 32.6. The lowest BCUT2D eigenvalue weighted by atomic mass is 9.64. The number of fused-ring (bicyclic) bond motifs is 1. The molecule has 0 aromatic heterocycles. The number of halogens is 1. The maximum absolute atomic E-state index is 13.4. The molecule has 6 heteroatoms. The van der Waals surface area contributed by atoms with Gasteiger partial charge in [0.15, 0.2) is 0 Å². The van der Waals surface area contributed by atoms with Crippen LogP contribution in [0.25, 0.3) is 0 Å². The Labute approximate surface area is 176 Å². The van der Waals surface area contributed by atoms with Crippen LogP contribution >= 0.6 is 11.6 Å². The van der Waals surface area contributed by atoms with Gasteiger partial charge in [0, 0.05) is 61.7 Å². The topological polar surface area (TPSA) is 44.8 Å². The second kappa shape index (κ2) is 7.31. The molecule has 1 N–H and O–H groups in total. The zero-order valence-electron chi connectivity index (χ0n) is 16.6. The van der Waals surface area contributed by atoms with Crippen LogP contribution in [0.2, 0.25) is 5.02 Å². The number of piperidine rings is 2. The van der Waals surface area contributed by atoms with Crippen LogP contribution < -0.4 is 10.1 Å². The molecule has 0 radical (unpaired) electrons. The van der Waals surface area contributed by atoms with E-state index in [1.54, 1.807) is 25.3 Å². The van der Waals surface area contributed by atoms with E-state index in [1.807, 2.05) is 0 Å². The van der Waals surface area contributed by atoms with Crippen LogP contribution in [0, 0.1) is 5.92 Å². The summed E-state index contributed by atoms with van der Waals surface area (Å²) in [6.07, 6.45) is 0. The smallest absolute Gasteiger partial charge is 0.255 e. The van der Waals surface area contributed by atoms with Gasteiger partial charge in [-0.3, -0.25) is 4.79 Å². The Bertz CT molecular complexity index is 904. The molecule has 29 heavy (non-hydrogen) atoms. The summed E-state index contributed by atoms with van der Waals surface area (Å²) in [5.74, 6) is 0.837. The zero-order valence-corrected chi connectivity index (χ0v) is 17.4. The predicted molar refractivity (Wildman–Crippen MR) is 114 cm³/mol. The van der Waals surface area contributed by atoms with E-state index in [4.69, 9.17) is 16.3 Å². The molecular weight excluding hydrogens is 386 g/mol. The molecule has 4 fully saturated rings. The fraction of sp³-hybridized carbons (Fsp3) is 0.435. The van der Waals surface area contributed by atoms with E-state index in [0.29, 0.717) is 22.3 Å². The van der Waals surface area contributed by atoms with Crippen molar-refractivity contribution in [1.82, 2.24) is 15.1 Å². The number of nitrogens with zero attached hydrogens (tertiary/aromatic N) is 2. The number of methoxy groups -OCH3 is 1. The van der Waals surface area contributed by atoms with Crippen LogP contribution in [0.3, 0.4) is 0 Å². The average molecular weight is 412 g/mol. The van der Waals surface area contributed by atoms with Crippen molar-refractivity contribution in [1.29, 1.82) is 0 Å². The summed E-state index contributed by atoms with van der Waals surface area (Å²) < 4.78 is 5.42. The first-order chi connectivity index (χ1) is 14.1. The van der Waals surface area contributed by atoms with Crippen molar-refractivity contribution in [3.8, 4) is 5.75 Å². The fourth-order valence-electron chi connectivity index (χ4n) is 5.65. The molecule has 4 saturated heterocycles. The molecule has 6 rings (SSSR count). The highest BCUT2D eigenvalue weighted by atomic mass is 35.5. The summed E-state index contributed by atoms with van der Waals surface area (Å²) >= 11 is 6.18. The Kier molecular flexibility index (Phi) is 4.77. The Balaban J connectivity index is 1.53. The predicted octanol–water partition coefficient (Wildman–Crippen LogP) is 2.65. The summed E-state index contributed by atoms with van der Waals surface area (Å²) in [6, 6.07) is 16.0. The van der Waals surface area contributed by atoms with E-state index in [1.165, 1.54) is 5.56 Å². The van der Waals surface area contributed by atoms with Crippen LogP contribution in [0.4, 0.5) is 0 Å². The standard InChI is InChI=1S/C23H26ClN3O2/c1-29-20-8-7-18(24)11-19(20)22(28)25-21-16-12-26-9-10-27(13-16)15-23(21,14-26)17-5-3-2-4-6-17/h2-8,11,16,21H,9-10,12-15H2,1H3,(H,25,28). The maximum Gasteiger partial charge on any atom is 0.255 e. The molecule has 4 aliphatic rings. The van der Waals surface area contributed by atoms with Gasteiger partial charge in [-0.1, -0.05) is 41.9 Å². The Morgan fingerprint density at radius 3 is 2.45 bits per heavy atom. The quantitative estimate of drug-likeness (QED) is 0.840. The lowest BCUT2D eigenvalue weighted by Gasteiger charge is -2.55. The molecule has 152 valence electrons. The van der Waals surface area contributed by atoms with Crippen molar-refractivity contribution in [2.75, 3.05) is 46.4 Å². The molecule has 1 amide bonds. The summed E-state index contributed by atoms with van der Waals surface area (Å²) in [7, 11) is 1.58. The number of rotatable bonds is 4. The first kappa shape index (κ1) is 18.9. The minimum atomic E-state index is -0.111. The van der Waals surface area contributed by atoms with Crippen LogP contribution in [0.1, 0.15) is 15.9 Å². The van der Waals surface area contributed by atoms with E-state index >= 15 is 0 Å². The first-order valence-electron chi connectivity index (χ1n) is 10.2. The van der Waals surface area contributed by atoms with Gasteiger partial charge in [-0.2, -0.15) is 0 Å². The minimum absolute atomic E-state index is 0.0756. The third kappa shape index (κ3) is 3.21. The van der Waals surface area contributed by atoms with Gasteiger partial charge in [0.25, 0.3) is 5.91 Å². The van der Waals surface area contributed by atoms with Gasteiger partial charge in [0.2, 0.25) is 0 Å². The van der Waals surface area contributed by atoms with E-state index in [-0.39, 0.29) is 17.4 Å². The molecule has 4 aliphatic heterocycles. The molecule has 3 atom stereocenters. The second-order valence-corrected chi connectivity index (χ2v) is 8.98. The molecule has 0 spiro atoms. The number of hydrogen-bond acceptors (Lipinski definition) is 4. The fourth-order valence-corrected chi connectivity index (χ4v) is 5.82. The van der Waals surface area contributed by atoms with Crippen LogP contribution in [-0.2, 0) is 5.41 Å². The van der Waals surface area contributed by atoms with Crippen molar-refractivity contribution >= 4 is 17.5 Å². The van der Waals surface area contributed by atoms with Gasteiger partial charge in [-0.25, -0.2) is 0 Å². The molecule has 4 heterocycles. The molecule has 5 nitrogen and oxygen atoms in total. The molecule has 0 saturated carbocycles. The van der Waals surface area contributed by atoms with E-state index in [2.05, 4.69) is 45.4 Å². The van der Waals surface area contributed by atoms with Crippen LogP contribution in [0.5, 0.6) is 5.75 Å². The minimum Gasteiger partial charge on any atom is -0.496 e. The van der Waals surface area contributed by atoms with Crippen molar-refractivity contribution in [3.05, 3.63) is 64.7 Å². The van der Waals surface area contributed by atoms with Gasteiger partial charge < -0.3 is 19.9 Å². The summed E-state index contributed by atoms with van der Waals surface area (Å²) in [4.78, 5) is 18.5. The summed E-state index contributed by atoms with van der Waals surface area (Å²) in [5, 5.41) is 3.95. The highest BCUT2D eigenvalue weighted by Crippen LogP contribution is 2.43. The number of carbonyl (C=O) groups excluding carboxylic acids is 1. The van der Waals surface area contributed by atoms with E-state index < -0.39 is 0 Å². The van der Waals surface area contributed by atoms with Crippen LogP contribution in [-0.4, -0.2) is 68.1 Å². The molecule has 2 aromatic carbocycles. The lowest BCUT2D eigenvalue weighted by Crippen LogP contribution is -2.70. The molecule has 3 unspecified atom stereocenters. The molecular formula is C23H26ClN3O2. The number of benzene rings is 2. The monoisotopic (exact) mass is 411 g/mol. The summed E-state index contributed by atoms with van der Waals surface area (Å²) in [5.41, 5.74) is 1.69. The maximum atomic E-state index is 13.4. The van der Waals surface area contributed by atoms with Crippen molar-refractivity contribution in [2.45, 2.75) is 11.5 Å². The van der Waals surface area contributed by atoms with Crippen molar-refractivity contribution < 1.29 is 9.53 Å². The van der Waals surface area contributed by atoms with E-state index in [9.17, 15) is 4.79 Å². The average Bonchev–Trinajstić information content (AvgIpc) is 2.99. The third-order valence-electron chi connectivity index (χ3n) is 6.84. The third-order valence-corrected chi connectivity index (χ3v) is 7.07. The highest BCUT2D eigenvalue weighted by molar-refractivity contribution is 6.31. The van der Waals surface area contributed by atoms with Crippen LogP contribution in [0.15, 0.2) is 48.5 Å². The first-order valence-corrected chi connectivity index (χ1v) is 10.6. The number of amides is 1. The van der Waals surface area contributed by atoms with Gasteiger partial charge in [0.05, 0.1) is 12.7 Å².